The highest BCUT2D eigenvalue weighted by molar-refractivity contribution is 5.94. The highest BCUT2D eigenvalue weighted by atomic mass is 16.5. The minimum Gasteiger partial charge on any atom is -0.381 e. The van der Waals surface area contributed by atoms with Crippen molar-refractivity contribution in [3.05, 3.63) is 36.5 Å². The lowest BCUT2D eigenvalue weighted by molar-refractivity contribution is 0.0689. The number of aliphatic imine (C=N–C) groups is 1. The van der Waals surface area contributed by atoms with Crippen LogP contribution in [0.3, 0.4) is 0 Å². The first kappa shape index (κ1) is 13.5. The molecule has 0 amide bonds. The van der Waals surface area contributed by atoms with E-state index in [0.717, 1.165) is 61.9 Å². The second-order valence-electron chi connectivity index (χ2n) is 5.77. The molecule has 0 aromatic carbocycles. The number of aromatic nitrogens is 3. The monoisotopic (exact) mass is 297 g/mol. The maximum absolute atomic E-state index is 5.39. The summed E-state index contributed by atoms with van der Waals surface area (Å²) in [4.78, 5) is 13.4. The van der Waals surface area contributed by atoms with E-state index >= 15 is 0 Å². The predicted octanol–water partition coefficient (Wildman–Crippen LogP) is 1.87. The molecule has 2 aromatic heterocycles. The van der Waals surface area contributed by atoms with Gasteiger partial charge in [-0.15, -0.1) is 0 Å². The molecule has 0 aliphatic carbocycles. The second kappa shape index (κ2) is 5.88. The zero-order chi connectivity index (χ0) is 14.8. The van der Waals surface area contributed by atoms with Gasteiger partial charge in [-0.1, -0.05) is 0 Å². The van der Waals surface area contributed by atoms with Crippen LogP contribution in [0.5, 0.6) is 0 Å². The van der Waals surface area contributed by atoms with Crippen LogP contribution in [0.15, 0.2) is 35.7 Å². The zero-order valence-corrected chi connectivity index (χ0v) is 12.4. The highest BCUT2D eigenvalue weighted by Gasteiger charge is 2.22. The molecule has 0 spiro atoms. The Labute approximate surface area is 129 Å². The molecule has 114 valence electrons. The highest BCUT2D eigenvalue weighted by Crippen LogP contribution is 2.22. The quantitative estimate of drug-likeness (QED) is 0.939. The molecule has 2 aliphatic heterocycles. The molecular weight excluding hydrogens is 278 g/mol. The van der Waals surface area contributed by atoms with Crippen molar-refractivity contribution < 1.29 is 4.74 Å². The van der Waals surface area contributed by atoms with E-state index in [1.807, 2.05) is 29.2 Å². The molecule has 1 N–H and O–H groups in total. The lowest BCUT2D eigenvalue weighted by atomic mass is 10.0. The first-order valence-corrected chi connectivity index (χ1v) is 7.75. The topological polar surface area (TPSA) is 64.3 Å². The summed E-state index contributed by atoms with van der Waals surface area (Å²) in [6.07, 6.45) is 8.50. The maximum Gasteiger partial charge on any atom is 0.136 e. The number of nitrogens with zero attached hydrogens (tertiary/aromatic N) is 4. The van der Waals surface area contributed by atoms with Crippen LogP contribution in [-0.2, 0) is 11.2 Å². The molecular formula is C16H19N5O. The number of imidazole rings is 1. The van der Waals surface area contributed by atoms with E-state index < -0.39 is 0 Å². The minimum atomic E-state index is 0.647. The zero-order valence-electron chi connectivity index (χ0n) is 12.4. The lowest BCUT2D eigenvalue weighted by Gasteiger charge is -2.20. The number of nitrogens with one attached hydrogen (secondary N) is 1. The summed E-state index contributed by atoms with van der Waals surface area (Å²) >= 11 is 0. The Bertz CT molecular complexity index is 673. The van der Waals surface area contributed by atoms with Crippen molar-refractivity contribution in [3.63, 3.8) is 0 Å². The first-order valence-electron chi connectivity index (χ1n) is 7.75. The SMILES string of the molecule is c1cncc(-c2cnc3n2NC(=NCC2CCOCC2)C3)c1. The van der Waals surface area contributed by atoms with Gasteiger partial charge in [-0.05, 0) is 30.9 Å². The smallest absolute Gasteiger partial charge is 0.136 e. The standard InChI is InChI=1S/C16H19N5O/c1-2-13(10-17-5-1)14-11-19-16-8-15(20-21(14)16)18-9-12-3-6-22-7-4-12/h1-2,5,10-12H,3-4,6-9H2,(H,18,20). The van der Waals surface area contributed by atoms with E-state index in [4.69, 9.17) is 9.73 Å². The molecule has 0 bridgehead atoms. The molecule has 2 aromatic rings. The average molecular weight is 297 g/mol. The molecule has 0 radical (unpaired) electrons. The van der Waals surface area contributed by atoms with Gasteiger partial charge in [0.05, 0.1) is 18.3 Å². The van der Waals surface area contributed by atoms with Crippen LogP contribution >= 0.6 is 0 Å². The van der Waals surface area contributed by atoms with Gasteiger partial charge < -0.3 is 4.74 Å². The molecule has 2 aliphatic rings. The van der Waals surface area contributed by atoms with E-state index in [-0.39, 0.29) is 0 Å². The predicted molar refractivity (Wildman–Crippen MR) is 84.4 cm³/mol. The van der Waals surface area contributed by atoms with Crippen LogP contribution in [0.1, 0.15) is 18.7 Å². The maximum atomic E-state index is 5.39. The van der Waals surface area contributed by atoms with Gasteiger partial charge in [0.1, 0.15) is 11.7 Å². The van der Waals surface area contributed by atoms with Crippen LogP contribution in [0, 0.1) is 5.92 Å². The number of hydrogen-bond acceptors (Lipinski definition) is 4. The van der Waals surface area contributed by atoms with Gasteiger partial charge in [0, 0.05) is 37.7 Å². The Morgan fingerprint density at radius 1 is 1.32 bits per heavy atom. The van der Waals surface area contributed by atoms with Gasteiger partial charge in [-0.25, -0.2) is 9.66 Å². The van der Waals surface area contributed by atoms with Crippen molar-refractivity contribution >= 4 is 5.84 Å². The van der Waals surface area contributed by atoms with Crippen molar-refractivity contribution in [3.8, 4) is 11.3 Å². The third kappa shape index (κ3) is 2.62. The van der Waals surface area contributed by atoms with Crippen molar-refractivity contribution in [2.45, 2.75) is 19.3 Å². The van der Waals surface area contributed by atoms with E-state index in [2.05, 4.69) is 15.4 Å². The van der Waals surface area contributed by atoms with E-state index in [1.54, 1.807) is 6.20 Å². The third-order valence-corrected chi connectivity index (χ3v) is 4.24. The fourth-order valence-corrected chi connectivity index (χ4v) is 2.94. The number of amidine groups is 1. The Kier molecular flexibility index (Phi) is 3.60. The number of hydrogen-bond donors (Lipinski definition) is 1. The molecule has 6 heteroatoms. The number of rotatable bonds is 3. The normalized spacial score (nSPS) is 20.1. The largest absolute Gasteiger partial charge is 0.381 e. The lowest BCUT2D eigenvalue weighted by Crippen LogP contribution is -2.21. The van der Waals surface area contributed by atoms with Crippen LogP contribution in [0.2, 0.25) is 0 Å². The number of fused-ring (bicyclic) bond motifs is 1. The van der Waals surface area contributed by atoms with E-state index in [0.29, 0.717) is 5.92 Å². The number of pyridine rings is 1. The second-order valence-corrected chi connectivity index (χ2v) is 5.77. The summed E-state index contributed by atoms with van der Waals surface area (Å²) in [5.74, 6) is 2.65. The van der Waals surface area contributed by atoms with Crippen molar-refractivity contribution in [2.24, 2.45) is 10.9 Å². The summed E-state index contributed by atoms with van der Waals surface area (Å²) in [5, 5.41) is 0. The molecule has 1 fully saturated rings. The van der Waals surface area contributed by atoms with Crippen molar-refractivity contribution in [1.29, 1.82) is 0 Å². The molecule has 4 heterocycles. The molecule has 4 rings (SSSR count). The van der Waals surface area contributed by atoms with Crippen LogP contribution in [0.25, 0.3) is 11.3 Å². The summed E-state index contributed by atoms with van der Waals surface area (Å²) in [6.45, 7) is 2.62. The van der Waals surface area contributed by atoms with E-state index in [1.165, 1.54) is 0 Å². The first-order chi connectivity index (χ1) is 10.9. The number of ether oxygens (including phenoxy) is 1. The van der Waals surface area contributed by atoms with Gasteiger partial charge in [-0.3, -0.25) is 15.4 Å². The summed E-state index contributed by atoms with van der Waals surface area (Å²) in [6, 6.07) is 3.97. The molecule has 1 saturated heterocycles. The summed E-state index contributed by atoms with van der Waals surface area (Å²) in [5.41, 5.74) is 5.45. The van der Waals surface area contributed by atoms with E-state index in [9.17, 15) is 0 Å². The van der Waals surface area contributed by atoms with Gasteiger partial charge >= 0.3 is 0 Å². The molecule has 0 unspecified atom stereocenters. The Hall–Kier alpha value is -2.21. The fourth-order valence-electron chi connectivity index (χ4n) is 2.94. The summed E-state index contributed by atoms with van der Waals surface area (Å²) in [7, 11) is 0. The minimum absolute atomic E-state index is 0.647. The van der Waals surface area contributed by atoms with Crippen LogP contribution in [0.4, 0.5) is 0 Å². The fraction of sp³-hybridized carbons (Fsp3) is 0.438. The molecule has 6 nitrogen and oxygen atoms in total. The molecule has 22 heavy (non-hydrogen) atoms. The van der Waals surface area contributed by atoms with Gasteiger partial charge in [0.15, 0.2) is 0 Å². The summed E-state index contributed by atoms with van der Waals surface area (Å²) < 4.78 is 7.40. The molecule has 0 saturated carbocycles. The Balaban J connectivity index is 1.48. The third-order valence-electron chi connectivity index (χ3n) is 4.24. The molecule has 0 atom stereocenters. The van der Waals surface area contributed by atoms with Gasteiger partial charge in [-0.2, -0.15) is 0 Å². The van der Waals surface area contributed by atoms with Crippen LogP contribution < -0.4 is 5.43 Å². The Morgan fingerprint density at radius 2 is 2.23 bits per heavy atom. The van der Waals surface area contributed by atoms with Gasteiger partial charge in [0.2, 0.25) is 0 Å². The van der Waals surface area contributed by atoms with Crippen molar-refractivity contribution in [2.75, 3.05) is 25.2 Å². The van der Waals surface area contributed by atoms with Gasteiger partial charge in [0.25, 0.3) is 0 Å². The van der Waals surface area contributed by atoms with Crippen LogP contribution in [-0.4, -0.2) is 40.2 Å². The Morgan fingerprint density at radius 3 is 3.05 bits per heavy atom. The van der Waals surface area contributed by atoms with Crippen molar-refractivity contribution in [1.82, 2.24) is 14.6 Å². The average Bonchev–Trinajstić information content (AvgIpc) is 3.15.